The van der Waals surface area contributed by atoms with Crippen molar-refractivity contribution in [3.05, 3.63) is 23.9 Å². The first kappa shape index (κ1) is 12.9. The van der Waals surface area contributed by atoms with E-state index in [0.29, 0.717) is 23.7 Å². The SMILES string of the molecule is CCc1nc(N)nc(N)c1-c1ccc(OC)c(N)c1. The molecule has 0 amide bonds. The molecule has 100 valence electrons. The van der Waals surface area contributed by atoms with Crippen LogP contribution in [0.15, 0.2) is 18.2 Å². The van der Waals surface area contributed by atoms with E-state index in [-0.39, 0.29) is 5.95 Å². The van der Waals surface area contributed by atoms with Crippen LogP contribution in [0.3, 0.4) is 0 Å². The van der Waals surface area contributed by atoms with Crippen molar-refractivity contribution in [2.24, 2.45) is 0 Å². The monoisotopic (exact) mass is 259 g/mol. The number of methoxy groups -OCH3 is 1. The van der Waals surface area contributed by atoms with Gasteiger partial charge in [-0.2, -0.15) is 4.98 Å². The van der Waals surface area contributed by atoms with Gasteiger partial charge in [0.1, 0.15) is 11.6 Å². The Kier molecular flexibility index (Phi) is 3.41. The molecule has 2 aromatic rings. The van der Waals surface area contributed by atoms with Crippen LogP contribution < -0.4 is 21.9 Å². The summed E-state index contributed by atoms with van der Waals surface area (Å²) in [6.45, 7) is 1.98. The van der Waals surface area contributed by atoms with E-state index in [2.05, 4.69) is 9.97 Å². The number of nitrogen functional groups attached to an aromatic ring is 3. The molecular weight excluding hydrogens is 242 g/mol. The first-order chi connectivity index (χ1) is 9.06. The van der Waals surface area contributed by atoms with Crippen LogP contribution in [0.4, 0.5) is 17.5 Å². The Morgan fingerprint density at radius 3 is 2.47 bits per heavy atom. The first-order valence-electron chi connectivity index (χ1n) is 5.92. The Labute approximate surface area is 111 Å². The minimum atomic E-state index is 0.180. The topological polar surface area (TPSA) is 113 Å². The summed E-state index contributed by atoms with van der Waals surface area (Å²) in [4.78, 5) is 8.22. The molecule has 0 atom stereocenters. The maximum atomic E-state index is 5.95. The number of hydrogen-bond acceptors (Lipinski definition) is 6. The molecule has 0 saturated carbocycles. The predicted molar refractivity (Wildman–Crippen MR) is 76.6 cm³/mol. The van der Waals surface area contributed by atoms with Gasteiger partial charge in [0.15, 0.2) is 0 Å². The molecular formula is C13H17N5O. The Hall–Kier alpha value is -2.50. The van der Waals surface area contributed by atoms with Gasteiger partial charge in [-0.25, -0.2) is 4.98 Å². The number of ether oxygens (including phenoxy) is 1. The second-order valence-electron chi connectivity index (χ2n) is 4.10. The molecule has 0 unspecified atom stereocenters. The molecule has 2 rings (SSSR count). The van der Waals surface area contributed by atoms with E-state index >= 15 is 0 Å². The predicted octanol–water partition coefficient (Wildman–Crippen LogP) is 1.46. The first-order valence-corrected chi connectivity index (χ1v) is 5.92. The standard InChI is InChI=1S/C13H17N5O/c1-3-9-11(12(15)18-13(16)17-9)7-4-5-10(19-2)8(14)6-7/h4-6H,3,14H2,1-2H3,(H4,15,16,17,18). The molecule has 0 aliphatic carbocycles. The normalized spacial score (nSPS) is 10.4. The largest absolute Gasteiger partial charge is 0.495 e. The second kappa shape index (κ2) is 5.01. The third-order valence-corrected chi connectivity index (χ3v) is 2.88. The molecule has 0 saturated heterocycles. The average Bonchev–Trinajstić information content (AvgIpc) is 2.37. The van der Waals surface area contributed by atoms with Crippen molar-refractivity contribution in [2.45, 2.75) is 13.3 Å². The lowest BCUT2D eigenvalue weighted by Gasteiger charge is -2.12. The molecule has 0 spiro atoms. The van der Waals surface area contributed by atoms with Gasteiger partial charge in [0.2, 0.25) is 5.95 Å². The fraction of sp³-hybridized carbons (Fsp3) is 0.231. The van der Waals surface area contributed by atoms with Crippen LogP contribution >= 0.6 is 0 Å². The fourth-order valence-electron chi connectivity index (χ4n) is 2.01. The molecule has 0 bridgehead atoms. The number of benzene rings is 1. The third kappa shape index (κ3) is 2.37. The van der Waals surface area contributed by atoms with Crippen LogP contribution in [-0.4, -0.2) is 17.1 Å². The lowest BCUT2D eigenvalue weighted by Crippen LogP contribution is -2.06. The lowest BCUT2D eigenvalue weighted by atomic mass is 10.0. The zero-order valence-corrected chi connectivity index (χ0v) is 11.0. The van der Waals surface area contributed by atoms with Crippen LogP contribution in [0.5, 0.6) is 5.75 Å². The van der Waals surface area contributed by atoms with Crippen molar-refractivity contribution in [3.63, 3.8) is 0 Å². The molecule has 6 nitrogen and oxygen atoms in total. The number of nitrogens with two attached hydrogens (primary N) is 3. The maximum absolute atomic E-state index is 5.95. The smallest absolute Gasteiger partial charge is 0.222 e. The highest BCUT2D eigenvalue weighted by atomic mass is 16.5. The van der Waals surface area contributed by atoms with Gasteiger partial charge in [-0.05, 0) is 24.1 Å². The molecule has 1 heterocycles. The quantitative estimate of drug-likeness (QED) is 0.719. The Morgan fingerprint density at radius 2 is 1.89 bits per heavy atom. The molecule has 6 heteroatoms. The van der Waals surface area contributed by atoms with Crippen molar-refractivity contribution in [3.8, 4) is 16.9 Å². The van der Waals surface area contributed by atoms with Gasteiger partial charge in [0, 0.05) is 5.56 Å². The van der Waals surface area contributed by atoms with Crippen molar-refractivity contribution in [1.29, 1.82) is 0 Å². The Balaban J connectivity index is 2.61. The van der Waals surface area contributed by atoms with E-state index in [9.17, 15) is 0 Å². The summed E-state index contributed by atoms with van der Waals surface area (Å²) in [6, 6.07) is 5.46. The number of hydrogen-bond donors (Lipinski definition) is 3. The van der Waals surface area contributed by atoms with Gasteiger partial charge < -0.3 is 21.9 Å². The summed E-state index contributed by atoms with van der Waals surface area (Å²) < 4.78 is 5.13. The van der Waals surface area contributed by atoms with Crippen LogP contribution in [0.2, 0.25) is 0 Å². The summed E-state index contributed by atoms with van der Waals surface area (Å²) in [5.41, 5.74) is 20.4. The lowest BCUT2D eigenvalue weighted by molar-refractivity contribution is 0.417. The highest BCUT2D eigenvalue weighted by Crippen LogP contribution is 2.33. The molecule has 1 aromatic carbocycles. The van der Waals surface area contributed by atoms with Gasteiger partial charge in [-0.3, -0.25) is 0 Å². The summed E-state index contributed by atoms with van der Waals surface area (Å²) in [7, 11) is 1.57. The number of nitrogens with zero attached hydrogens (tertiary/aromatic N) is 2. The van der Waals surface area contributed by atoms with E-state index < -0.39 is 0 Å². The second-order valence-corrected chi connectivity index (χ2v) is 4.10. The van der Waals surface area contributed by atoms with Crippen LogP contribution in [0, 0.1) is 0 Å². The number of anilines is 3. The summed E-state index contributed by atoms with van der Waals surface area (Å²) in [6.07, 6.45) is 0.707. The molecule has 0 fully saturated rings. The van der Waals surface area contributed by atoms with Crippen LogP contribution in [0.1, 0.15) is 12.6 Å². The third-order valence-electron chi connectivity index (χ3n) is 2.88. The number of aromatic nitrogens is 2. The van der Waals surface area contributed by atoms with Gasteiger partial charge >= 0.3 is 0 Å². The molecule has 0 aliphatic rings. The average molecular weight is 259 g/mol. The van der Waals surface area contributed by atoms with E-state index in [1.165, 1.54) is 0 Å². The molecule has 0 radical (unpaired) electrons. The Morgan fingerprint density at radius 1 is 1.16 bits per heavy atom. The summed E-state index contributed by atoms with van der Waals surface area (Å²) >= 11 is 0. The van der Waals surface area contributed by atoms with Crippen LogP contribution in [-0.2, 0) is 6.42 Å². The molecule has 0 aliphatic heterocycles. The van der Waals surface area contributed by atoms with Gasteiger partial charge in [0.25, 0.3) is 0 Å². The van der Waals surface area contributed by atoms with E-state index in [1.54, 1.807) is 19.2 Å². The molecule has 19 heavy (non-hydrogen) atoms. The van der Waals surface area contributed by atoms with Gasteiger partial charge in [-0.1, -0.05) is 13.0 Å². The fourth-order valence-corrected chi connectivity index (χ4v) is 2.01. The maximum Gasteiger partial charge on any atom is 0.222 e. The summed E-state index contributed by atoms with van der Waals surface area (Å²) in [5.74, 6) is 1.16. The van der Waals surface area contributed by atoms with Crippen molar-refractivity contribution in [1.82, 2.24) is 9.97 Å². The van der Waals surface area contributed by atoms with E-state index in [4.69, 9.17) is 21.9 Å². The molecule has 1 aromatic heterocycles. The van der Waals surface area contributed by atoms with Crippen molar-refractivity contribution >= 4 is 17.5 Å². The Bertz CT molecular complexity index is 612. The van der Waals surface area contributed by atoms with E-state index in [0.717, 1.165) is 16.8 Å². The number of aryl methyl sites for hydroxylation is 1. The van der Waals surface area contributed by atoms with E-state index in [1.807, 2.05) is 13.0 Å². The van der Waals surface area contributed by atoms with Crippen molar-refractivity contribution < 1.29 is 4.74 Å². The van der Waals surface area contributed by atoms with Gasteiger partial charge in [-0.15, -0.1) is 0 Å². The zero-order chi connectivity index (χ0) is 14.0. The minimum Gasteiger partial charge on any atom is -0.495 e. The zero-order valence-electron chi connectivity index (χ0n) is 11.0. The highest BCUT2D eigenvalue weighted by Gasteiger charge is 2.13. The minimum absolute atomic E-state index is 0.180. The van der Waals surface area contributed by atoms with Crippen molar-refractivity contribution in [2.75, 3.05) is 24.3 Å². The highest BCUT2D eigenvalue weighted by molar-refractivity contribution is 5.79. The molecule has 6 N–H and O–H groups in total. The number of rotatable bonds is 3. The summed E-state index contributed by atoms with van der Waals surface area (Å²) in [5, 5.41) is 0. The van der Waals surface area contributed by atoms with Crippen LogP contribution in [0.25, 0.3) is 11.1 Å². The van der Waals surface area contributed by atoms with Gasteiger partial charge in [0.05, 0.1) is 18.5 Å².